The van der Waals surface area contributed by atoms with E-state index in [9.17, 15) is 13.2 Å². The molecule has 0 heterocycles. The highest BCUT2D eigenvalue weighted by Crippen LogP contribution is 2.34. The van der Waals surface area contributed by atoms with E-state index < -0.39 is 6.36 Å². The van der Waals surface area contributed by atoms with Crippen LogP contribution in [-0.4, -0.2) is 6.36 Å². The fourth-order valence-corrected chi connectivity index (χ4v) is 1.80. The molecule has 0 atom stereocenters. The number of hydrogen-bond acceptors (Lipinski definition) is 2. The van der Waals surface area contributed by atoms with Crippen molar-refractivity contribution in [2.45, 2.75) is 11.3 Å². The summed E-state index contributed by atoms with van der Waals surface area (Å²) < 4.78 is 38.9. The first kappa shape index (κ1) is 11.8. The van der Waals surface area contributed by atoms with Crippen molar-refractivity contribution in [2.24, 2.45) is 0 Å². The van der Waals surface area contributed by atoms with Gasteiger partial charge in [0.1, 0.15) is 5.75 Å². The van der Waals surface area contributed by atoms with Crippen LogP contribution in [0.25, 0.3) is 0 Å². The van der Waals surface area contributed by atoms with Crippen molar-refractivity contribution in [1.82, 2.24) is 0 Å². The average Bonchev–Trinajstić information content (AvgIpc) is 2.01. The quantitative estimate of drug-likeness (QED) is 0.777. The third-order valence-corrected chi connectivity index (χ3v) is 2.67. The first-order chi connectivity index (χ1) is 6.42. The Morgan fingerprint density at radius 1 is 1.29 bits per heavy atom. The molecule has 0 aliphatic heterocycles. The second kappa shape index (κ2) is 4.51. The fourth-order valence-electron chi connectivity index (χ4n) is 0.741. The van der Waals surface area contributed by atoms with Crippen molar-refractivity contribution in [3.63, 3.8) is 0 Å². The third-order valence-electron chi connectivity index (χ3n) is 1.22. The van der Waals surface area contributed by atoms with Crippen LogP contribution < -0.4 is 4.74 Å². The monoisotopic (exact) mass is 262 g/mol. The van der Waals surface area contributed by atoms with Crippen molar-refractivity contribution < 1.29 is 17.9 Å². The molecule has 0 spiro atoms. The number of hydrogen-bond donors (Lipinski definition) is 0. The van der Waals surface area contributed by atoms with Gasteiger partial charge < -0.3 is 4.74 Å². The first-order valence-electron chi connectivity index (χ1n) is 3.26. The van der Waals surface area contributed by atoms with Crippen LogP contribution in [0, 0.1) is 0 Å². The first-order valence-corrected chi connectivity index (χ1v) is 5.28. The smallest absolute Gasteiger partial charge is 0.406 e. The summed E-state index contributed by atoms with van der Waals surface area (Å²) in [6.45, 7) is 0. The van der Waals surface area contributed by atoms with E-state index in [0.29, 0.717) is 4.90 Å². The Bertz CT molecular complexity index is 329. The average molecular weight is 263 g/mol. The van der Waals surface area contributed by atoms with E-state index in [1.807, 2.05) is 0 Å². The Kier molecular flexibility index (Phi) is 3.80. The van der Waals surface area contributed by atoms with E-state index in [1.54, 1.807) is 0 Å². The topological polar surface area (TPSA) is 9.23 Å². The predicted molar refractivity (Wildman–Crippen MR) is 49.8 cm³/mol. The minimum Gasteiger partial charge on any atom is -0.406 e. The second-order valence-electron chi connectivity index (χ2n) is 2.22. The van der Waals surface area contributed by atoms with Gasteiger partial charge in [-0.25, -0.2) is 0 Å². The highest BCUT2D eigenvalue weighted by atomic mass is 35.7. The maximum Gasteiger partial charge on any atom is 0.573 e. The Labute approximate surface area is 91.6 Å². The lowest BCUT2D eigenvalue weighted by atomic mass is 10.3. The lowest BCUT2D eigenvalue weighted by molar-refractivity contribution is -0.274. The van der Waals surface area contributed by atoms with Gasteiger partial charge in [-0.15, -0.1) is 13.2 Å². The van der Waals surface area contributed by atoms with Crippen molar-refractivity contribution in [2.75, 3.05) is 0 Å². The summed E-state index contributed by atoms with van der Waals surface area (Å²) in [5, 5.41) is 0.117. The number of ether oxygens (including phenoxy) is 1. The molecule has 7 heteroatoms. The SMILES string of the molecule is FC(F)(F)Oc1ccc(SCl)c(Cl)c1. The molecule has 0 saturated carbocycles. The van der Waals surface area contributed by atoms with Gasteiger partial charge in [0, 0.05) is 11.0 Å². The molecule has 0 aromatic heterocycles. The summed E-state index contributed by atoms with van der Waals surface area (Å²) in [6, 6.07) is 3.55. The fraction of sp³-hybridized carbons (Fsp3) is 0.143. The zero-order chi connectivity index (χ0) is 10.8. The van der Waals surface area contributed by atoms with E-state index in [1.165, 1.54) is 6.07 Å². The molecule has 1 nitrogen and oxygen atoms in total. The Balaban J connectivity index is 2.87. The number of rotatable bonds is 2. The van der Waals surface area contributed by atoms with Crippen LogP contribution in [0.4, 0.5) is 13.2 Å². The molecule has 1 rings (SSSR count). The maximum atomic E-state index is 11.8. The lowest BCUT2D eigenvalue weighted by Gasteiger charge is -2.09. The molecule has 0 N–H and O–H groups in total. The van der Waals surface area contributed by atoms with Gasteiger partial charge in [0.2, 0.25) is 0 Å². The molecule has 1 aromatic rings. The molecule has 78 valence electrons. The summed E-state index contributed by atoms with van der Waals surface area (Å²) in [5.41, 5.74) is 0. The minimum absolute atomic E-state index is 0.117. The van der Waals surface area contributed by atoms with Gasteiger partial charge in [-0.3, -0.25) is 0 Å². The predicted octanol–water partition coefficient (Wildman–Crippen LogP) is 4.48. The summed E-state index contributed by atoms with van der Waals surface area (Å²) in [7, 11) is 6.21. The lowest BCUT2D eigenvalue weighted by Crippen LogP contribution is -2.17. The highest BCUT2D eigenvalue weighted by Gasteiger charge is 2.31. The van der Waals surface area contributed by atoms with E-state index in [0.717, 1.165) is 23.1 Å². The molecule has 0 bridgehead atoms. The second-order valence-corrected chi connectivity index (χ2v) is 3.68. The van der Waals surface area contributed by atoms with E-state index >= 15 is 0 Å². The number of benzene rings is 1. The molecule has 0 radical (unpaired) electrons. The Hall–Kier alpha value is -0.260. The summed E-state index contributed by atoms with van der Waals surface area (Å²) >= 11 is 5.61. The molecular formula is C7H3Cl2F3OS. The standard InChI is InChI=1S/C7H3Cl2F3OS/c8-5-3-4(13-7(10,11)12)1-2-6(5)14-9/h1-3H. The molecule has 0 unspecified atom stereocenters. The van der Waals surface area contributed by atoms with E-state index in [2.05, 4.69) is 4.74 Å². The van der Waals surface area contributed by atoms with Crippen LogP contribution in [0.3, 0.4) is 0 Å². The van der Waals surface area contributed by atoms with Crippen LogP contribution >= 0.6 is 33.3 Å². The number of halogens is 5. The Morgan fingerprint density at radius 2 is 1.93 bits per heavy atom. The molecule has 1 aromatic carbocycles. The largest absolute Gasteiger partial charge is 0.573 e. The van der Waals surface area contributed by atoms with Gasteiger partial charge >= 0.3 is 6.36 Å². The van der Waals surface area contributed by atoms with Crippen LogP contribution in [0.1, 0.15) is 0 Å². The maximum absolute atomic E-state index is 11.8. The van der Waals surface area contributed by atoms with Crippen molar-refractivity contribution >= 4 is 33.3 Å². The molecule has 14 heavy (non-hydrogen) atoms. The van der Waals surface area contributed by atoms with Crippen LogP contribution in [0.2, 0.25) is 5.02 Å². The van der Waals surface area contributed by atoms with E-state index in [4.69, 9.17) is 22.3 Å². The van der Waals surface area contributed by atoms with Crippen LogP contribution in [0.5, 0.6) is 5.75 Å². The Morgan fingerprint density at radius 3 is 2.36 bits per heavy atom. The third kappa shape index (κ3) is 3.48. The van der Waals surface area contributed by atoms with Gasteiger partial charge in [0.25, 0.3) is 0 Å². The van der Waals surface area contributed by atoms with Crippen LogP contribution in [-0.2, 0) is 0 Å². The zero-order valence-electron chi connectivity index (χ0n) is 6.44. The van der Waals surface area contributed by atoms with Crippen molar-refractivity contribution in [3.8, 4) is 5.75 Å². The number of alkyl halides is 3. The van der Waals surface area contributed by atoms with Gasteiger partial charge in [0.05, 0.1) is 5.02 Å². The normalized spacial score (nSPS) is 11.5. The van der Waals surface area contributed by atoms with Crippen LogP contribution in [0.15, 0.2) is 23.1 Å². The van der Waals surface area contributed by atoms with Gasteiger partial charge in [-0.1, -0.05) is 11.6 Å². The zero-order valence-corrected chi connectivity index (χ0v) is 8.77. The van der Waals surface area contributed by atoms with Gasteiger partial charge in [-0.05, 0) is 33.8 Å². The minimum atomic E-state index is -4.71. The van der Waals surface area contributed by atoms with Crippen molar-refractivity contribution in [3.05, 3.63) is 23.2 Å². The molecule has 0 aliphatic carbocycles. The summed E-state index contributed by atoms with van der Waals surface area (Å²) in [6.07, 6.45) is -4.71. The van der Waals surface area contributed by atoms with Crippen molar-refractivity contribution in [1.29, 1.82) is 0 Å². The molecule has 0 amide bonds. The molecule has 0 aliphatic rings. The molecule has 0 fully saturated rings. The van der Waals surface area contributed by atoms with Gasteiger partial charge in [0.15, 0.2) is 0 Å². The molecule has 0 saturated heterocycles. The summed E-state index contributed by atoms with van der Waals surface area (Å²) in [4.78, 5) is 0.475. The van der Waals surface area contributed by atoms with E-state index in [-0.39, 0.29) is 10.8 Å². The van der Waals surface area contributed by atoms with Gasteiger partial charge in [-0.2, -0.15) is 0 Å². The summed E-state index contributed by atoms with van der Waals surface area (Å²) in [5.74, 6) is -0.364. The molecular weight excluding hydrogens is 260 g/mol. The highest BCUT2D eigenvalue weighted by molar-refractivity contribution is 8.21.